The molecule has 0 saturated carbocycles. The highest BCUT2D eigenvalue weighted by Crippen LogP contribution is 2.33. The fraction of sp³-hybridized carbons (Fsp3) is 0.276. The molecule has 10 heteroatoms. The van der Waals surface area contributed by atoms with E-state index in [2.05, 4.69) is 20.6 Å². The Morgan fingerprint density at radius 2 is 1.82 bits per heavy atom. The Balaban J connectivity index is 1.26. The Morgan fingerprint density at radius 1 is 1.05 bits per heavy atom. The number of nitrogens with zero attached hydrogens (tertiary/aromatic N) is 5. The second-order valence-corrected chi connectivity index (χ2v) is 9.65. The molecule has 1 unspecified atom stereocenters. The maximum Gasteiger partial charge on any atom is 0.249 e. The number of aromatic nitrogens is 4. The number of primary amides is 1. The van der Waals surface area contributed by atoms with Gasteiger partial charge in [-0.15, -0.1) is 5.10 Å². The van der Waals surface area contributed by atoms with Gasteiger partial charge in [-0.2, -0.15) is 0 Å². The molecule has 1 aliphatic heterocycles. The van der Waals surface area contributed by atoms with E-state index < -0.39 is 12.0 Å². The van der Waals surface area contributed by atoms with Crippen LogP contribution in [0.4, 0.5) is 0 Å². The zero-order chi connectivity index (χ0) is 27.4. The summed E-state index contributed by atoms with van der Waals surface area (Å²) in [5, 5.41) is 28.9. The molecule has 10 nitrogen and oxygen atoms in total. The summed E-state index contributed by atoms with van der Waals surface area (Å²) in [4.78, 5) is 24.9. The lowest BCUT2D eigenvalue weighted by molar-refractivity contribution is -0.138. The molecule has 2 heterocycles. The van der Waals surface area contributed by atoms with E-state index in [4.69, 9.17) is 5.73 Å². The molecule has 0 bridgehead atoms. The van der Waals surface area contributed by atoms with Crippen LogP contribution in [0.25, 0.3) is 22.5 Å². The molecule has 4 aromatic rings. The molecule has 2 amide bonds. The van der Waals surface area contributed by atoms with Crippen LogP contribution in [-0.2, 0) is 11.2 Å². The summed E-state index contributed by atoms with van der Waals surface area (Å²) in [6, 6.07) is 21.3. The summed E-state index contributed by atoms with van der Waals surface area (Å²) in [5.74, 6) is 0.0919. The number of amides is 2. The maximum absolute atomic E-state index is 12.7. The molecule has 0 radical (unpaired) electrons. The zero-order valence-corrected chi connectivity index (χ0v) is 21.7. The van der Waals surface area contributed by atoms with Crippen LogP contribution >= 0.6 is 0 Å². The quantitative estimate of drug-likeness (QED) is 0.289. The van der Waals surface area contributed by atoms with E-state index >= 15 is 0 Å². The Hall–Kier alpha value is -4.41. The van der Waals surface area contributed by atoms with Crippen molar-refractivity contribution in [1.82, 2.24) is 30.6 Å². The van der Waals surface area contributed by atoms with Crippen molar-refractivity contribution in [1.29, 1.82) is 0 Å². The van der Waals surface area contributed by atoms with E-state index in [9.17, 15) is 14.7 Å². The third-order valence-electron chi connectivity index (χ3n) is 7.26. The molecular weight excluding hydrogens is 494 g/mol. The van der Waals surface area contributed by atoms with Gasteiger partial charge in [-0.3, -0.25) is 14.6 Å². The molecule has 39 heavy (non-hydrogen) atoms. The van der Waals surface area contributed by atoms with Crippen LogP contribution in [0.3, 0.4) is 0 Å². The largest absolute Gasteiger partial charge is 0.388 e. The van der Waals surface area contributed by atoms with Crippen LogP contribution in [0.2, 0.25) is 0 Å². The number of nitrogens with two attached hydrogens (primary N) is 1. The van der Waals surface area contributed by atoms with Crippen LogP contribution in [0.15, 0.2) is 66.7 Å². The van der Waals surface area contributed by atoms with E-state index in [1.807, 2.05) is 72.6 Å². The highest BCUT2D eigenvalue weighted by atomic mass is 16.3. The number of benzene rings is 3. The number of hydrogen-bond acceptors (Lipinski definition) is 7. The van der Waals surface area contributed by atoms with Crippen molar-refractivity contribution in [2.24, 2.45) is 5.73 Å². The Labute approximate surface area is 226 Å². The third kappa shape index (κ3) is 5.71. The summed E-state index contributed by atoms with van der Waals surface area (Å²) in [7, 11) is 0. The maximum atomic E-state index is 12.7. The Bertz CT molecular complexity index is 1440. The number of nitrogens with one attached hydrogen (secondary N) is 1. The zero-order valence-electron chi connectivity index (χ0n) is 21.7. The predicted molar refractivity (Wildman–Crippen MR) is 146 cm³/mol. The van der Waals surface area contributed by atoms with Crippen molar-refractivity contribution in [3.63, 3.8) is 0 Å². The van der Waals surface area contributed by atoms with Crippen LogP contribution in [-0.4, -0.2) is 67.2 Å². The highest BCUT2D eigenvalue weighted by Gasteiger charge is 2.30. The summed E-state index contributed by atoms with van der Waals surface area (Å²) < 4.78 is 0. The van der Waals surface area contributed by atoms with E-state index in [1.54, 1.807) is 11.1 Å². The molecule has 1 aromatic heterocycles. The minimum absolute atomic E-state index is 0.0638. The lowest BCUT2D eigenvalue weighted by Crippen LogP contribution is -2.41. The van der Waals surface area contributed by atoms with Crippen LogP contribution in [0, 0.1) is 6.92 Å². The first-order valence-corrected chi connectivity index (χ1v) is 13.0. The van der Waals surface area contributed by atoms with E-state index in [1.165, 1.54) is 0 Å². The van der Waals surface area contributed by atoms with Crippen molar-refractivity contribution in [3.8, 4) is 22.5 Å². The lowest BCUT2D eigenvalue weighted by atomic mass is 9.89. The first kappa shape index (κ1) is 26.2. The summed E-state index contributed by atoms with van der Waals surface area (Å²) >= 11 is 0. The van der Waals surface area contributed by atoms with Crippen LogP contribution in [0.1, 0.15) is 46.0 Å². The molecule has 5 rings (SSSR count). The number of carbonyl (C=O) groups is 2. The normalized spacial score (nSPS) is 14.6. The summed E-state index contributed by atoms with van der Waals surface area (Å²) in [6.07, 6.45) is 0.557. The van der Waals surface area contributed by atoms with Gasteiger partial charge in [-0.05, 0) is 64.1 Å². The molecule has 1 aliphatic rings. The van der Waals surface area contributed by atoms with Gasteiger partial charge in [-0.1, -0.05) is 60.7 Å². The Morgan fingerprint density at radius 3 is 2.51 bits per heavy atom. The standard InChI is InChI=1S/C29H31N7O3/c1-19-23(21-5-3-2-4-6-21)11-12-24(28(30)39)27(19)25(37)14-16-35-17-15-26(38)36(35)18-13-20-7-9-22(10-8-20)29-31-33-34-32-29/h2-12,25,37H,13-18H2,1H3,(H2,30,39)(H,31,32,33,34). The van der Waals surface area contributed by atoms with E-state index in [0.29, 0.717) is 55.8 Å². The second-order valence-electron chi connectivity index (χ2n) is 9.65. The number of rotatable bonds is 10. The van der Waals surface area contributed by atoms with Crippen molar-refractivity contribution >= 4 is 11.8 Å². The number of H-pyrrole nitrogens is 1. The number of aliphatic hydroxyl groups excluding tert-OH is 1. The van der Waals surface area contributed by atoms with Gasteiger partial charge >= 0.3 is 0 Å². The fourth-order valence-electron chi connectivity index (χ4n) is 5.20. The van der Waals surface area contributed by atoms with Crippen molar-refractivity contribution < 1.29 is 14.7 Å². The summed E-state index contributed by atoms with van der Waals surface area (Å²) in [5.41, 5.74) is 11.3. The van der Waals surface area contributed by atoms with Gasteiger partial charge in [0.1, 0.15) is 0 Å². The topological polar surface area (TPSA) is 141 Å². The molecule has 1 atom stereocenters. The van der Waals surface area contributed by atoms with Crippen molar-refractivity contribution in [3.05, 3.63) is 89.0 Å². The summed E-state index contributed by atoms with van der Waals surface area (Å²) in [6.45, 7) is 3.50. The molecule has 1 fully saturated rings. The number of carbonyl (C=O) groups excluding carboxylic acids is 2. The molecule has 1 saturated heterocycles. The SMILES string of the molecule is Cc1c(-c2ccccc2)ccc(C(N)=O)c1C(O)CCN1CCC(=O)N1CCc1ccc(-c2nnn[nH]2)cc1. The third-order valence-corrected chi connectivity index (χ3v) is 7.26. The lowest BCUT2D eigenvalue weighted by Gasteiger charge is -2.29. The number of hydrogen-bond donors (Lipinski definition) is 3. The van der Waals surface area contributed by atoms with Crippen molar-refractivity contribution in [2.75, 3.05) is 19.6 Å². The second kappa shape index (κ2) is 11.5. The highest BCUT2D eigenvalue weighted by molar-refractivity contribution is 5.96. The number of hydrazine groups is 1. The van der Waals surface area contributed by atoms with Gasteiger partial charge in [0.2, 0.25) is 11.8 Å². The van der Waals surface area contributed by atoms with Gasteiger partial charge in [0.05, 0.1) is 6.10 Å². The molecule has 4 N–H and O–H groups in total. The van der Waals surface area contributed by atoms with Gasteiger partial charge in [0.25, 0.3) is 0 Å². The van der Waals surface area contributed by atoms with E-state index in [0.717, 1.165) is 27.8 Å². The van der Waals surface area contributed by atoms with Gasteiger partial charge < -0.3 is 10.8 Å². The van der Waals surface area contributed by atoms with E-state index in [-0.39, 0.29) is 5.91 Å². The molecule has 0 aliphatic carbocycles. The number of tetrazole rings is 1. The minimum atomic E-state index is -0.910. The average molecular weight is 526 g/mol. The number of aliphatic hydroxyl groups is 1. The smallest absolute Gasteiger partial charge is 0.249 e. The predicted octanol–water partition coefficient (Wildman–Crippen LogP) is 3.06. The average Bonchev–Trinajstić information content (AvgIpc) is 3.61. The van der Waals surface area contributed by atoms with Gasteiger partial charge in [0.15, 0.2) is 5.82 Å². The number of aromatic amines is 1. The molecular formula is C29H31N7O3. The van der Waals surface area contributed by atoms with Gasteiger partial charge in [-0.25, -0.2) is 10.1 Å². The molecule has 0 spiro atoms. The van der Waals surface area contributed by atoms with Crippen LogP contribution in [0.5, 0.6) is 0 Å². The first-order valence-electron chi connectivity index (χ1n) is 13.0. The fourth-order valence-corrected chi connectivity index (χ4v) is 5.20. The Kier molecular flexibility index (Phi) is 7.76. The minimum Gasteiger partial charge on any atom is -0.388 e. The van der Waals surface area contributed by atoms with Crippen molar-refractivity contribution in [2.45, 2.75) is 32.3 Å². The van der Waals surface area contributed by atoms with Crippen LogP contribution < -0.4 is 5.73 Å². The monoisotopic (exact) mass is 525 g/mol. The first-order chi connectivity index (χ1) is 18.9. The molecule has 3 aromatic carbocycles. The molecule has 200 valence electrons. The van der Waals surface area contributed by atoms with Gasteiger partial charge in [0, 0.05) is 37.2 Å².